The van der Waals surface area contributed by atoms with Gasteiger partial charge in [-0.1, -0.05) is 49.6 Å². The fourth-order valence-corrected chi connectivity index (χ4v) is 3.35. The van der Waals surface area contributed by atoms with Crippen molar-refractivity contribution in [1.29, 1.82) is 0 Å². The van der Waals surface area contributed by atoms with Gasteiger partial charge >= 0.3 is 0 Å². The van der Waals surface area contributed by atoms with Crippen LogP contribution in [0.1, 0.15) is 49.5 Å². The van der Waals surface area contributed by atoms with Crippen molar-refractivity contribution in [3.05, 3.63) is 48.0 Å². The van der Waals surface area contributed by atoms with Crippen LogP contribution in [0.4, 0.5) is 0 Å². The van der Waals surface area contributed by atoms with Crippen molar-refractivity contribution >= 4 is 0 Å². The molecular weight excluding hydrogens is 260 g/mol. The molecule has 1 fully saturated rings. The van der Waals surface area contributed by atoms with Crippen molar-refractivity contribution < 1.29 is 0 Å². The van der Waals surface area contributed by atoms with Gasteiger partial charge in [0.05, 0.1) is 6.54 Å². The van der Waals surface area contributed by atoms with Crippen LogP contribution in [-0.4, -0.2) is 14.8 Å². The number of nitrogens with zero attached hydrogens (tertiary/aromatic N) is 3. The van der Waals surface area contributed by atoms with E-state index < -0.39 is 0 Å². The number of benzene rings is 1. The smallest absolute Gasteiger partial charge is 0.146 e. The molecule has 0 aliphatic heterocycles. The Morgan fingerprint density at radius 3 is 2.62 bits per heavy atom. The minimum Gasteiger partial charge on any atom is -0.320 e. The Labute approximate surface area is 126 Å². The Kier molecular flexibility index (Phi) is 4.65. The zero-order chi connectivity index (χ0) is 14.5. The van der Waals surface area contributed by atoms with Crippen LogP contribution in [0.5, 0.6) is 0 Å². The predicted octanol–water partition coefficient (Wildman–Crippen LogP) is 3.23. The van der Waals surface area contributed by atoms with E-state index in [2.05, 4.69) is 45.8 Å². The second-order valence-electron chi connectivity index (χ2n) is 6.03. The number of hydrogen-bond acceptors (Lipinski definition) is 3. The molecule has 0 radical (unpaired) electrons. The molecule has 0 bridgehead atoms. The fourth-order valence-electron chi connectivity index (χ4n) is 3.35. The van der Waals surface area contributed by atoms with E-state index in [0.29, 0.717) is 6.04 Å². The number of rotatable bonds is 5. The van der Waals surface area contributed by atoms with Gasteiger partial charge < -0.3 is 9.88 Å². The van der Waals surface area contributed by atoms with Crippen molar-refractivity contribution in [2.24, 2.45) is 13.0 Å². The van der Waals surface area contributed by atoms with Crippen LogP contribution in [0, 0.1) is 5.92 Å². The molecular formula is C17H24N4. The topological polar surface area (TPSA) is 42.7 Å². The highest BCUT2D eigenvalue weighted by Gasteiger charge is 2.24. The monoisotopic (exact) mass is 284 g/mol. The molecule has 1 heterocycles. The molecule has 4 heteroatoms. The van der Waals surface area contributed by atoms with E-state index in [1.807, 2.05) is 11.6 Å². The first-order valence-electron chi connectivity index (χ1n) is 7.96. The van der Waals surface area contributed by atoms with Crippen LogP contribution >= 0.6 is 0 Å². The Morgan fingerprint density at radius 2 is 1.95 bits per heavy atom. The minimum absolute atomic E-state index is 0.420. The molecule has 0 saturated heterocycles. The molecule has 1 aliphatic carbocycles. The summed E-state index contributed by atoms with van der Waals surface area (Å²) in [5.41, 5.74) is 1.39. The molecule has 1 unspecified atom stereocenters. The maximum absolute atomic E-state index is 4.18. The van der Waals surface area contributed by atoms with Gasteiger partial charge in [0.25, 0.3) is 0 Å². The average molecular weight is 284 g/mol. The third kappa shape index (κ3) is 3.50. The molecule has 4 nitrogen and oxygen atoms in total. The number of hydrogen-bond donors (Lipinski definition) is 1. The van der Waals surface area contributed by atoms with Crippen molar-refractivity contribution in [1.82, 2.24) is 20.1 Å². The van der Waals surface area contributed by atoms with Crippen LogP contribution in [0.15, 0.2) is 36.7 Å². The molecule has 1 aliphatic rings. The quantitative estimate of drug-likeness (QED) is 0.916. The average Bonchev–Trinajstić information content (AvgIpc) is 2.95. The third-order valence-electron chi connectivity index (χ3n) is 4.57. The SMILES string of the molecule is Cn1cnnc1CNC(c1ccccc1)C1CCCCC1. The van der Waals surface area contributed by atoms with Crippen molar-refractivity contribution in [2.75, 3.05) is 0 Å². The van der Waals surface area contributed by atoms with E-state index in [9.17, 15) is 0 Å². The van der Waals surface area contributed by atoms with Crippen molar-refractivity contribution in [3.63, 3.8) is 0 Å². The van der Waals surface area contributed by atoms with Crippen LogP contribution in [0.25, 0.3) is 0 Å². The summed E-state index contributed by atoms with van der Waals surface area (Å²) in [5, 5.41) is 11.9. The van der Waals surface area contributed by atoms with E-state index >= 15 is 0 Å². The van der Waals surface area contributed by atoms with Gasteiger partial charge in [0.1, 0.15) is 12.2 Å². The first-order valence-corrected chi connectivity index (χ1v) is 7.96. The summed E-state index contributed by atoms with van der Waals surface area (Å²) in [6.45, 7) is 0.770. The van der Waals surface area contributed by atoms with Crippen molar-refractivity contribution in [3.8, 4) is 0 Å². The lowest BCUT2D eigenvalue weighted by Gasteiger charge is -2.31. The maximum atomic E-state index is 4.18. The highest BCUT2D eigenvalue weighted by Crippen LogP contribution is 2.34. The summed E-state index contributed by atoms with van der Waals surface area (Å²) in [7, 11) is 2.00. The largest absolute Gasteiger partial charge is 0.320 e. The summed E-state index contributed by atoms with van der Waals surface area (Å²) in [6.07, 6.45) is 8.52. The van der Waals surface area contributed by atoms with Gasteiger partial charge in [0.2, 0.25) is 0 Å². The lowest BCUT2D eigenvalue weighted by Crippen LogP contribution is -2.30. The lowest BCUT2D eigenvalue weighted by atomic mass is 9.81. The van der Waals surface area contributed by atoms with Gasteiger partial charge in [-0.05, 0) is 24.3 Å². The summed E-state index contributed by atoms with van der Waals surface area (Å²) in [5.74, 6) is 1.72. The van der Waals surface area contributed by atoms with Crippen LogP contribution in [0.3, 0.4) is 0 Å². The van der Waals surface area contributed by atoms with Gasteiger partial charge in [-0.3, -0.25) is 0 Å². The summed E-state index contributed by atoms with van der Waals surface area (Å²) in [4.78, 5) is 0. The highest BCUT2D eigenvalue weighted by molar-refractivity contribution is 5.20. The normalized spacial score (nSPS) is 17.8. The van der Waals surface area contributed by atoms with Gasteiger partial charge in [0, 0.05) is 13.1 Å². The second-order valence-corrected chi connectivity index (χ2v) is 6.03. The van der Waals surface area contributed by atoms with Gasteiger partial charge in [-0.15, -0.1) is 10.2 Å². The molecule has 21 heavy (non-hydrogen) atoms. The molecule has 1 atom stereocenters. The third-order valence-corrected chi connectivity index (χ3v) is 4.57. The molecule has 2 aromatic rings. The first-order chi connectivity index (χ1) is 10.3. The fraction of sp³-hybridized carbons (Fsp3) is 0.529. The lowest BCUT2D eigenvalue weighted by molar-refractivity contribution is 0.268. The highest BCUT2D eigenvalue weighted by atomic mass is 15.3. The van der Waals surface area contributed by atoms with E-state index in [1.54, 1.807) is 6.33 Å². The molecule has 0 spiro atoms. The Hall–Kier alpha value is -1.68. The van der Waals surface area contributed by atoms with Crippen molar-refractivity contribution in [2.45, 2.75) is 44.7 Å². The Balaban J connectivity index is 1.74. The standard InChI is InChI=1S/C17H24N4/c1-21-13-19-20-16(21)12-18-17(14-8-4-2-5-9-14)15-10-6-3-7-11-15/h2,4-5,8-9,13,15,17-18H,3,6-7,10-12H2,1H3. The van der Waals surface area contributed by atoms with Gasteiger partial charge in [-0.25, -0.2) is 0 Å². The molecule has 1 aromatic carbocycles. The minimum atomic E-state index is 0.420. The summed E-state index contributed by atoms with van der Waals surface area (Å²) < 4.78 is 1.98. The molecule has 1 N–H and O–H groups in total. The zero-order valence-corrected chi connectivity index (χ0v) is 12.7. The van der Waals surface area contributed by atoms with E-state index in [-0.39, 0.29) is 0 Å². The molecule has 3 rings (SSSR count). The van der Waals surface area contributed by atoms with E-state index in [4.69, 9.17) is 0 Å². The molecule has 112 valence electrons. The zero-order valence-electron chi connectivity index (χ0n) is 12.7. The van der Waals surface area contributed by atoms with Crippen LogP contribution < -0.4 is 5.32 Å². The number of aromatic nitrogens is 3. The Morgan fingerprint density at radius 1 is 1.19 bits per heavy atom. The van der Waals surface area contributed by atoms with E-state index in [0.717, 1.165) is 18.3 Å². The van der Waals surface area contributed by atoms with E-state index in [1.165, 1.54) is 37.7 Å². The summed E-state index contributed by atoms with van der Waals surface area (Å²) >= 11 is 0. The summed E-state index contributed by atoms with van der Waals surface area (Å²) in [6, 6.07) is 11.3. The Bertz CT molecular complexity index is 543. The first kappa shape index (κ1) is 14.3. The van der Waals surface area contributed by atoms with Gasteiger partial charge in [-0.2, -0.15) is 0 Å². The molecule has 1 saturated carbocycles. The van der Waals surface area contributed by atoms with Crippen LogP contribution in [-0.2, 0) is 13.6 Å². The number of aryl methyl sites for hydroxylation is 1. The van der Waals surface area contributed by atoms with Crippen LogP contribution in [0.2, 0.25) is 0 Å². The molecule has 1 aromatic heterocycles. The van der Waals surface area contributed by atoms with Gasteiger partial charge in [0.15, 0.2) is 0 Å². The second kappa shape index (κ2) is 6.85. The molecule has 0 amide bonds. The maximum Gasteiger partial charge on any atom is 0.146 e. The number of nitrogens with one attached hydrogen (secondary N) is 1. The predicted molar refractivity (Wildman–Crippen MR) is 83.6 cm³/mol.